The summed E-state index contributed by atoms with van der Waals surface area (Å²) in [5.41, 5.74) is 2.12. The zero-order valence-corrected chi connectivity index (χ0v) is 18.1. The van der Waals surface area contributed by atoms with E-state index in [2.05, 4.69) is 26.8 Å². The van der Waals surface area contributed by atoms with Crippen LogP contribution in [-0.2, 0) is 14.3 Å². The lowest BCUT2D eigenvalue weighted by atomic mass is 9.63. The van der Waals surface area contributed by atoms with Gasteiger partial charge in [0.15, 0.2) is 5.78 Å². The largest absolute Gasteiger partial charge is 0.426 e. The van der Waals surface area contributed by atoms with Crippen molar-refractivity contribution >= 4 is 17.8 Å². The number of hydrogen-bond donors (Lipinski definition) is 0. The second kappa shape index (κ2) is 10.4. The van der Waals surface area contributed by atoms with Gasteiger partial charge in [-0.15, -0.1) is 0 Å². The Labute approximate surface area is 174 Å². The Bertz CT molecular complexity index is 797. The Kier molecular flexibility index (Phi) is 8.15. The van der Waals surface area contributed by atoms with Crippen LogP contribution in [0.4, 0.5) is 0 Å². The molecule has 156 valence electrons. The molecule has 29 heavy (non-hydrogen) atoms. The maximum Gasteiger partial charge on any atom is 0.318 e. The number of esters is 1. The van der Waals surface area contributed by atoms with Crippen LogP contribution >= 0.6 is 0 Å². The lowest BCUT2D eigenvalue weighted by Crippen LogP contribution is -2.38. The number of benzene rings is 1. The third kappa shape index (κ3) is 6.53. The molecule has 4 heteroatoms. The van der Waals surface area contributed by atoms with Gasteiger partial charge in [0.05, 0.1) is 12.5 Å². The molecule has 0 N–H and O–H groups in total. The van der Waals surface area contributed by atoms with Crippen LogP contribution in [0.15, 0.2) is 54.1 Å². The van der Waals surface area contributed by atoms with Crippen molar-refractivity contribution in [1.82, 2.24) is 0 Å². The maximum absolute atomic E-state index is 13.1. The molecule has 2 unspecified atom stereocenters. The molecule has 1 aliphatic rings. The summed E-state index contributed by atoms with van der Waals surface area (Å²) in [4.78, 5) is 24.6. The second-order valence-electron chi connectivity index (χ2n) is 8.30. The van der Waals surface area contributed by atoms with Crippen molar-refractivity contribution in [1.29, 1.82) is 0 Å². The summed E-state index contributed by atoms with van der Waals surface area (Å²) in [6, 6.07) is 7.35. The molecule has 4 nitrogen and oxygen atoms in total. The number of hydrogen-bond acceptors (Lipinski definition) is 4. The Balaban J connectivity index is 2.23. The standard InChI is InChI=1S/C25H32O4/c1-18-8-6-16-25(3,4)23(18)22(15-10-19(2)26)24(27)29-21-13-11-20(12-14-21)9-7-17-28-5/h7-15,22-23H,6,16-17H2,1-5H3. The highest BCUT2D eigenvalue weighted by Crippen LogP contribution is 2.45. The molecular formula is C25H32O4. The highest BCUT2D eigenvalue weighted by Gasteiger charge is 2.41. The molecular weight excluding hydrogens is 364 g/mol. The van der Waals surface area contributed by atoms with E-state index in [9.17, 15) is 9.59 Å². The molecule has 1 aromatic carbocycles. The van der Waals surface area contributed by atoms with Gasteiger partial charge in [0, 0.05) is 13.0 Å². The van der Waals surface area contributed by atoms with Gasteiger partial charge in [0.25, 0.3) is 0 Å². The molecule has 2 rings (SSSR count). The van der Waals surface area contributed by atoms with E-state index in [1.165, 1.54) is 18.6 Å². The van der Waals surface area contributed by atoms with Gasteiger partial charge in [-0.25, -0.2) is 0 Å². The molecule has 0 bridgehead atoms. The predicted molar refractivity (Wildman–Crippen MR) is 117 cm³/mol. The van der Waals surface area contributed by atoms with Crippen molar-refractivity contribution in [2.45, 2.75) is 40.5 Å². The molecule has 0 fully saturated rings. The molecule has 0 heterocycles. The van der Waals surface area contributed by atoms with Crippen LogP contribution < -0.4 is 4.74 Å². The molecule has 0 amide bonds. The van der Waals surface area contributed by atoms with Gasteiger partial charge in [-0.1, -0.05) is 55.9 Å². The zero-order valence-electron chi connectivity index (χ0n) is 18.1. The van der Waals surface area contributed by atoms with Crippen molar-refractivity contribution < 1.29 is 19.1 Å². The van der Waals surface area contributed by atoms with Crippen molar-refractivity contribution in [2.24, 2.45) is 17.3 Å². The summed E-state index contributed by atoms with van der Waals surface area (Å²) in [6.45, 7) is 8.46. The van der Waals surface area contributed by atoms with Gasteiger partial charge < -0.3 is 9.47 Å². The van der Waals surface area contributed by atoms with Gasteiger partial charge in [0.2, 0.25) is 0 Å². The topological polar surface area (TPSA) is 52.6 Å². The lowest BCUT2D eigenvalue weighted by Gasteiger charge is -2.41. The van der Waals surface area contributed by atoms with E-state index < -0.39 is 5.92 Å². The minimum atomic E-state index is -0.508. The molecule has 1 aliphatic carbocycles. The number of methoxy groups -OCH3 is 1. The van der Waals surface area contributed by atoms with Crippen LogP contribution in [0, 0.1) is 17.3 Å². The molecule has 2 atom stereocenters. The van der Waals surface area contributed by atoms with E-state index in [-0.39, 0.29) is 23.1 Å². The minimum Gasteiger partial charge on any atom is -0.426 e. The minimum absolute atomic E-state index is 0.00407. The van der Waals surface area contributed by atoms with Gasteiger partial charge in [-0.3, -0.25) is 9.59 Å². The second-order valence-corrected chi connectivity index (χ2v) is 8.30. The van der Waals surface area contributed by atoms with Gasteiger partial charge in [0.1, 0.15) is 5.75 Å². The highest BCUT2D eigenvalue weighted by molar-refractivity contribution is 5.88. The monoisotopic (exact) mass is 396 g/mol. The smallest absolute Gasteiger partial charge is 0.318 e. The van der Waals surface area contributed by atoms with Crippen LogP contribution in [0.25, 0.3) is 6.08 Å². The SMILES string of the molecule is COCC=Cc1ccc(OC(=O)C(C=CC(C)=O)C2C(C)=CCCC2(C)C)cc1. The van der Waals surface area contributed by atoms with Gasteiger partial charge in [-0.2, -0.15) is 0 Å². The molecule has 0 aromatic heterocycles. The predicted octanol–water partition coefficient (Wildman–Crippen LogP) is 5.40. The molecule has 0 spiro atoms. The fraction of sp³-hybridized carbons (Fsp3) is 0.440. The molecule has 1 aromatic rings. The van der Waals surface area contributed by atoms with Crippen LogP contribution in [0.1, 0.15) is 46.1 Å². The Morgan fingerprint density at radius 2 is 1.93 bits per heavy atom. The molecule has 0 radical (unpaired) electrons. The summed E-state index contributed by atoms with van der Waals surface area (Å²) < 4.78 is 10.7. The van der Waals surface area contributed by atoms with Crippen molar-refractivity contribution in [3.05, 3.63) is 59.7 Å². The average molecular weight is 397 g/mol. The summed E-state index contributed by atoms with van der Waals surface area (Å²) in [5, 5.41) is 0. The normalized spacial score (nSPS) is 19.9. The average Bonchev–Trinajstić information content (AvgIpc) is 2.65. The Morgan fingerprint density at radius 3 is 2.52 bits per heavy atom. The summed E-state index contributed by atoms with van der Waals surface area (Å²) >= 11 is 0. The molecule has 0 saturated heterocycles. The number of ketones is 1. The van der Waals surface area contributed by atoms with E-state index >= 15 is 0 Å². The molecule has 0 saturated carbocycles. The number of ether oxygens (including phenoxy) is 2. The Hall–Kier alpha value is -2.46. The van der Waals surface area contributed by atoms with Crippen LogP contribution in [-0.4, -0.2) is 25.5 Å². The first-order valence-corrected chi connectivity index (χ1v) is 10.1. The number of carbonyl (C=O) groups is 2. The first-order valence-electron chi connectivity index (χ1n) is 10.1. The fourth-order valence-corrected chi connectivity index (χ4v) is 4.02. The van der Waals surface area contributed by atoms with Crippen molar-refractivity contribution in [3.63, 3.8) is 0 Å². The van der Waals surface area contributed by atoms with Gasteiger partial charge >= 0.3 is 5.97 Å². The summed E-state index contributed by atoms with van der Waals surface area (Å²) in [7, 11) is 1.65. The van der Waals surface area contributed by atoms with E-state index in [1.807, 2.05) is 24.3 Å². The lowest BCUT2D eigenvalue weighted by molar-refractivity contribution is -0.140. The van der Waals surface area contributed by atoms with Crippen LogP contribution in [0.5, 0.6) is 5.75 Å². The highest BCUT2D eigenvalue weighted by atomic mass is 16.5. The third-order valence-electron chi connectivity index (χ3n) is 5.43. The molecule has 0 aliphatic heterocycles. The first-order chi connectivity index (χ1) is 13.7. The van der Waals surface area contributed by atoms with E-state index in [0.29, 0.717) is 12.4 Å². The quantitative estimate of drug-likeness (QED) is 0.256. The number of allylic oxidation sites excluding steroid dienone is 3. The van der Waals surface area contributed by atoms with Crippen LogP contribution in [0.3, 0.4) is 0 Å². The van der Waals surface area contributed by atoms with Gasteiger partial charge in [-0.05, 0) is 55.9 Å². The maximum atomic E-state index is 13.1. The van der Waals surface area contributed by atoms with Crippen LogP contribution in [0.2, 0.25) is 0 Å². The third-order valence-corrected chi connectivity index (χ3v) is 5.43. The van der Waals surface area contributed by atoms with E-state index in [0.717, 1.165) is 18.4 Å². The fourth-order valence-electron chi connectivity index (χ4n) is 4.02. The number of rotatable bonds is 8. The summed E-state index contributed by atoms with van der Waals surface area (Å²) in [5.74, 6) is -0.430. The zero-order chi connectivity index (χ0) is 21.4. The Morgan fingerprint density at radius 1 is 1.24 bits per heavy atom. The number of carbonyl (C=O) groups excluding carboxylic acids is 2. The van der Waals surface area contributed by atoms with E-state index in [4.69, 9.17) is 9.47 Å². The first kappa shape index (κ1) is 22.8. The van der Waals surface area contributed by atoms with E-state index in [1.54, 1.807) is 25.3 Å². The van der Waals surface area contributed by atoms with Crippen molar-refractivity contribution in [2.75, 3.05) is 13.7 Å². The summed E-state index contributed by atoms with van der Waals surface area (Å²) in [6.07, 6.45) is 11.3. The van der Waals surface area contributed by atoms with Crippen molar-refractivity contribution in [3.8, 4) is 5.75 Å².